The van der Waals surface area contributed by atoms with Crippen molar-refractivity contribution in [1.82, 2.24) is 4.90 Å². The average molecular weight is 287 g/mol. The Morgan fingerprint density at radius 2 is 2.25 bits per heavy atom. The molecule has 7 heteroatoms. The molecule has 1 N–H and O–H groups in total. The number of carboxylic acid groups (broad SMARTS) is 1. The monoisotopic (exact) mass is 287 g/mol. The quantitative estimate of drug-likeness (QED) is 0.759. The fraction of sp³-hybridized carbons (Fsp3) is 0.846. The number of ether oxygens (including phenoxy) is 3. The molecule has 0 spiro atoms. The number of morpholine rings is 1. The second-order valence-corrected chi connectivity index (χ2v) is 5.07. The fourth-order valence-electron chi connectivity index (χ4n) is 2.40. The fourth-order valence-corrected chi connectivity index (χ4v) is 2.40. The molecule has 2 aliphatic heterocycles. The van der Waals surface area contributed by atoms with E-state index in [9.17, 15) is 9.59 Å². The van der Waals surface area contributed by atoms with Crippen molar-refractivity contribution < 1.29 is 28.9 Å². The van der Waals surface area contributed by atoms with Crippen LogP contribution in [-0.4, -0.2) is 73.1 Å². The second kappa shape index (κ2) is 7.01. The van der Waals surface area contributed by atoms with Gasteiger partial charge in [-0.3, -0.25) is 4.79 Å². The number of aliphatic carboxylic acids is 1. The van der Waals surface area contributed by atoms with Crippen molar-refractivity contribution in [2.24, 2.45) is 0 Å². The molecular formula is C13H21NO6. The molecule has 0 unspecified atom stereocenters. The minimum absolute atomic E-state index is 0.0273. The zero-order valence-electron chi connectivity index (χ0n) is 11.6. The molecule has 7 nitrogen and oxygen atoms in total. The molecular weight excluding hydrogens is 266 g/mol. The second-order valence-electron chi connectivity index (χ2n) is 5.07. The summed E-state index contributed by atoms with van der Waals surface area (Å²) in [6.45, 7) is 3.42. The Kier molecular flexibility index (Phi) is 5.33. The highest BCUT2D eigenvalue weighted by atomic mass is 16.5. The van der Waals surface area contributed by atoms with Crippen molar-refractivity contribution in [3.63, 3.8) is 0 Å². The van der Waals surface area contributed by atoms with E-state index in [1.54, 1.807) is 6.92 Å². The van der Waals surface area contributed by atoms with E-state index in [4.69, 9.17) is 19.3 Å². The summed E-state index contributed by atoms with van der Waals surface area (Å²) in [6.07, 6.45) is 1.33. The maximum atomic E-state index is 12.3. The van der Waals surface area contributed by atoms with Gasteiger partial charge in [0.05, 0.1) is 25.9 Å². The predicted octanol–water partition coefficient (Wildman–Crippen LogP) is -0.117. The number of carboxylic acids is 1. The van der Waals surface area contributed by atoms with Crippen LogP contribution in [0.15, 0.2) is 0 Å². The summed E-state index contributed by atoms with van der Waals surface area (Å²) in [6, 6.07) is -0.926. The number of carbonyl (C=O) groups excluding carboxylic acids is 1. The molecule has 3 atom stereocenters. The van der Waals surface area contributed by atoms with Crippen molar-refractivity contribution in [1.29, 1.82) is 0 Å². The molecule has 0 bridgehead atoms. The van der Waals surface area contributed by atoms with E-state index < -0.39 is 18.1 Å². The SMILES string of the molecule is C[C@H](OC[C@H]1CCCO1)C(=O)N1CCOC[C@H]1C(=O)O. The van der Waals surface area contributed by atoms with Crippen LogP contribution < -0.4 is 0 Å². The van der Waals surface area contributed by atoms with Gasteiger partial charge in [0.25, 0.3) is 5.91 Å². The van der Waals surface area contributed by atoms with E-state index in [1.165, 1.54) is 4.90 Å². The molecule has 0 aromatic rings. The predicted molar refractivity (Wildman–Crippen MR) is 68.3 cm³/mol. The van der Waals surface area contributed by atoms with Gasteiger partial charge in [-0.05, 0) is 19.8 Å². The van der Waals surface area contributed by atoms with E-state index in [2.05, 4.69) is 0 Å². The number of nitrogens with zero attached hydrogens (tertiary/aromatic N) is 1. The largest absolute Gasteiger partial charge is 0.480 e. The van der Waals surface area contributed by atoms with Crippen LogP contribution in [0.1, 0.15) is 19.8 Å². The zero-order valence-corrected chi connectivity index (χ0v) is 11.6. The van der Waals surface area contributed by atoms with Crippen molar-refractivity contribution in [3.05, 3.63) is 0 Å². The molecule has 0 aromatic carbocycles. The molecule has 1 amide bonds. The third-order valence-electron chi connectivity index (χ3n) is 3.60. The molecule has 114 valence electrons. The van der Waals surface area contributed by atoms with Crippen LogP contribution >= 0.6 is 0 Å². The van der Waals surface area contributed by atoms with Crippen molar-refractivity contribution in [2.45, 2.75) is 38.0 Å². The summed E-state index contributed by atoms with van der Waals surface area (Å²) in [5.41, 5.74) is 0. The Bertz CT molecular complexity index is 355. The molecule has 2 fully saturated rings. The van der Waals surface area contributed by atoms with E-state index in [0.29, 0.717) is 13.2 Å². The molecule has 2 aliphatic rings. The number of rotatable bonds is 5. The first-order valence-electron chi connectivity index (χ1n) is 6.94. The maximum absolute atomic E-state index is 12.3. The number of hydrogen-bond donors (Lipinski definition) is 1. The van der Waals surface area contributed by atoms with Gasteiger partial charge >= 0.3 is 5.97 Å². The van der Waals surface area contributed by atoms with Crippen LogP contribution in [0.4, 0.5) is 0 Å². The Balaban J connectivity index is 1.85. The van der Waals surface area contributed by atoms with Gasteiger partial charge in [0.15, 0.2) is 6.04 Å². The smallest absolute Gasteiger partial charge is 0.328 e. The lowest BCUT2D eigenvalue weighted by Gasteiger charge is -2.34. The van der Waals surface area contributed by atoms with Gasteiger partial charge in [-0.2, -0.15) is 0 Å². The summed E-state index contributed by atoms with van der Waals surface area (Å²) < 4.78 is 16.1. The Morgan fingerprint density at radius 1 is 1.45 bits per heavy atom. The Labute approximate surface area is 117 Å². The first-order valence-corrected chi connectivity index (χ1v) is 6.94. The third kappa shape index (κ3) is 3.68. The lowest BCUT2D eigenvalue weighted by molar-refractivity contribution is -0.164. The number of carbonyl (C=O) groups is 2. The van der Waals surface area contributed by atoms with Gasteiger partial charge in [-0.1, -0.05) is 0 Å². The first-order chi connectivity index (χ1) is 9.59. The van der Waals surface area contributed by atoms with E-state index >= 15 is 0 Å². The molecule has 2 heterocycles. The van der Waals surface area contributed by atoms with Gasteiger partial charge in [0.1, 0.15) is 6.10 Å². The third-order valence-corrected chi connectivity index (χ3v) is 3.60. The van der Waals surface area contributed by atoms with Crippen LogP contribution in [0.5, 0.6) is 0 Å². The number of hydrogen-bond acceptors (Lipinski definition) is 5. The highest BCUT2D eigenvalue weighted by Crippen LogP contribution is 2.15. The van der Waals surface area contributed by atoms with Crippen molar-refractivity contribution in [2.75, 3.05) is 33.0 Å². The molecule has 2 rings (SSSR count). The standard InChI is InChI=1S/C13H21NO6/c1-9(20-7-10-3-2-5-19-10)12(15)14-4-6-18-8-11(14)13(16)17/h9-11H,2-8H2,1H3,(H,16,17)/t9-,10+,11-/m0/s1. The van der Waals surface area contributed by atoms with Crippen molar-refractivity contribution in [3.8, 4) is 0 Å². The first kappa shape index (κ1) is 15.2. The summed E-state index contributed by atoms with van der Waals surface area (Å²) in [4.78, 5) is 24.7. The summed E-state index contributed by atoms with van der Waals surface area (Å²) in [5, 5.41) is 9.11. The molecule has 20 heavy (non-hydrogen) atoms. The minimum atomic E-state index is -1.05. The highest BCUT2D eigenvalue weighted by molar-refractivity contribution is 5.86. The molecule has 0 radical (unpaired) electrons. The van der Waals surface area contributed by atoms with Gasteiger partial charge in [0.2, 0.25) is 0 Å². The topological polar surface area (TPSA) is 85.3 Å². The molecule has 0 aromatic heterocycles. The van der Waals surface area contributed by atoms with Gasteiger partial charge < -0.3 is 24.2 Å². The maximum Gasteiger partial charge on any atom is 0.328 e. The highest BCUT2D eigenvalue weighted by Gasteiger charge is 2.35. The van der Waals surface area contributed by atoms with Crippen LogP contribution in [0.3, 0.4) is 0 Å². The normalized spacial score (nSPS) is 28.4. The summed E-state index contributed by atoms with van der Waals surface area (Å²) >= 11 is 0. The molecule has 2 saturated heterocycles. The van der Waals surface area contributed by atoms with Crippen LogP contribution in [-0.2, 0) is 23.8 Å². The van der Waals surface area contributed by atoms with Gasteiger partial charge in [0, 0.05) is 13.2 Å². The van der Waals surface area contributed by atoms with Crippen LogP contribution in [0.25, 0.3) is 0 Å². The van der Waals surface area contributed by atoms with E-state index in [0.717, 1.165) is 19.4 Å². The van der Waals surface area contributed by atoms with Gasteiger partial charge in [-0.25, -0.2) is 4.79 Å². The molecule has 0 saturated carbocycles. The summed E-state index contributed by atoms with van der Waals surface area (Å²) in [5.74, 6) is -1.36. The van der Waals surface area contributed by atoms with Gasteiger partial charge in [-0.15, -0.1) is 0 Å². The molecule has 0 aliphatic carbocycles. The minimum Gasteiger partial charge on any atom is -0.480 e. The lowest BCUT2D eigenvalue weighted by Crippen LogP contribution is -2.55. The Morgan fingerprint density at radius 3 is 2.90 bits per heavy atom. The summed E-state index contributed by atoms with van der Waals surface area (Å²) in [7, 11) is 0. The Hall–Kier alpha value is -1.18. The lowest BCUT2D eigenvalue weighted by atomic mass is 10.2. The number of amides is 1. The van der Waals surface area contributed by atoms with Crippen LogP contribution in [0, 0.1) is 0 Å². The average Bonchev–Trinajstić information content (AvgIpc) is 2.97. The van der Waals surface area contributed by atoms with E-state index in [1.807, 2.05) is 0 Å². The zero-order chi connectivity index (χ0) is 14.5. The van der Waals surface area contributed by atoms with Crippen LogP contribution in [0.2, 0.25) is 0 Å². The van der Waals surface area contributed by atoms with Crippen molar-refractivity contribution >= 4 is 11.9 Å². The van der Waals surface area contributed by atoms with E-state index in [-0.39, 0.29) is 25.2 Å².